The fourth-order valence-electron chi connectivity index (χ4n) is 4.78. The van der Waals surface area contributed by atoms with Crippen LogP contribution in [0.5, 0.6) is 28.7 Å². The number of methoxy groups -OCH3 is 1. The van der Waals surface area contributed by atoms with Gasteiger partial charge in [0.1, 0.15) is 35.5 Å². The molecule has 0 fully saturated rings. The number of ether oxygens (including phenoxy) is 5. The third-order valence-corrected chi connectivity index (χ3v) is 6.90. The number of benzene rings is 4. The van der Waals surface area contributed by atoms with Gasteiger partial charge in [-0.3, -0.25) is 0 Å². The number of hydrogen-bond acceptors (Lipinski definition) is 8. The summed E-state index contributed by atoms with van der Waals surface area (Å²) >= 11 is 0. The van der Waals surface area contributed by atoms with E-state index in [-0.39, 0.29) is 23.3 Å². The Morgan fingerprint density at radius 1 is 0.953 bits per heavy atom. The number of hydrogen-bond donors (Lipinski definition) is 1. The van der Waals surface area contributed by atoms with Crippen molar-refractivity contribution in [1.82, 2.24) is 0 Å². The monoisotopic (exact) mass is 576 g/mol. The fraction of sp³-hybridized carbons (Fsp3) is 0.200. The molecule has 2 N–H and O–H groups in total. The molecule has 1 heterocycles. The molecule has 0 amide bonds. The van der Waals surface area contributed by atoms with Crippen molar-refractivity contribution in [3.05, 3.63) is 124 Å². The Hall–Kier alpha value is -5.42. The van der Waals surface area contributed by atoms with E-state index in [9.17, 15) is 10.1 Å². The van der Waals surface area contributed by atoms with Crippen LogP contribution in [0.3, 0.4) is 0 Å². The minimum atomic E-state index is -0.535. The van der Waals surface area contributed by atoms with Gasteiger partial charge in [-0.25, -0.2) is 4.79 Å². The van der Waals surface area contributed by atoms with Crippen molar-refractivity contribution >= 4 is 5.97 Å². The van der Waals surface area contributed by atoms with Gasteiger partial charge in [0, 0.05) is 11.6 Å². The molecule has 1 atom stereocenters. The molecule has 8 heteroatoms. The van der Waals surface area contributed by atoms with Gasteiger partial charge in [-0.15, -0.1) is 0 Å². The Kier molecular flexibility index (Phi) is 8.54. The van der Waals surface area contributed by atoms with Gasteiger partial charge in [0.05, 0.1) is 24.7 Å². The Labute approximate surface area is 250 Å². The van der Waals surface area contributed by atoms with E-state index in [1.54, 1.807) is 49.6 Å². The highest BCUT2D eigenvalue weighted by Crippen LogP contribution is 2.45. The first kappa shape index (κ1) is 29.1. The number of allylic oxidation sites excluding steroid dienone is 1. The molecule has 1 aliphatic rings. The molecule has 43 heavy (non-hydrogen) atoms. The minimum Gasteiger partial charge on any atom is -0.493 e. The van der Waals surface area contributed by atoms with Crippen LogP contribution in [-0.2, 0) is 6.61 Å². The van der Waals surface area contributed by atoms with E-state index < -0.39 is 11.9 Å². The summed E-state index contributed by atoms with van der Waals surface area (Å²) in [6.45, 7) is 6.28. The van der Waals surface area contributed by atoms with Gasteiger partial charge in [0.2, 0.25) is 5.88 Å². The van der Waals surface area contributed by atoms with Crippen molar-refractivity contribution in [2.24, 2.45) is 5.73 Å². The van der Waals surface area contributed by atoms with Crippen LogP contribution < -0.4 is 29.4 Å². The summed E-state index contributed by atoms with van der Waals surface area (Å²) in [5.41, 5.74) is 10.5. The molecule has 218 valence electrons. The van der Waals surface area contributed by atoms with Gasteiger partial charge in [0.25, 0.3) is 0 Å². The second-order valence-corrected chi connectivity index (χ2v) is 10.4. The Bertz CT molecular complexity index is 1700. The predicted octanol–water partition coefficient (Wildman–Crippen LogP) is 6.81. The third kappa shape index (κ3) is 6.57. The SMILES string of the molecule is COc1cc(C2C(C#N)=C(N)Oc3cc(OC(=O)c4ccc(OC(C)C)cc4)ccc32)ccc1OCc1ccc(C)cc1. The van der Waals surface area contributed by atoms with E-state index >= 15 is 0 Å². The lowest BCUT2D eigenvalue weighted by Gasteiger charge is -2.27. The van der Waals surface area contributed by atoms with Crippen LogP contribution in [0, 0.1) is 18.3 Å². The topological polar surface area (TPSA) is 113 Å². The maximum atomic E-state index is 12.8. The maximum Gasteiger partial charge on any atom is 0.343 e. The number of aryl methyl sites for hydroxylation is 1. The van der Waals surface area contributed by atoms with Crippen molar-refractivity contribution in [1.29, 1.82) is 5.26 Å². The molecule has 8 nitrogen and oxygen atoms in total. The predicted molar refractivity (Wildman–Crippen MR) is 161 cm³/mol. The molecule has 0 aromatic heterocycles. The van der Waals surface area contributed by atoms with Crippen molar-refractivity contribution < 1.29 is 28.5 Å². The van der Waals surface area contributed by atoms with Crippen LogP contribution in [0.1, 0.15) is 52.4 Å². The molecule has 0 aliphatic carbocycles. The standard InChI is InChI=1S/C35H32N2O6/c1-21(2)41-26-12-9-24(10-13-26)35(38)42-27-14-15-28-31(18-27)43-34(37)29(19-36)33(28)25-11-16-30(32(17-25)39-4)40-20-23-7-5-22(3)6-8-23/h5-18,21,33H,20,37H2,1-4H3. The lowest BCUT2D eigenvalue weighted by atomic mass is 9.83. The number of nitriles is 1. The van der Waals surface area contributed by atoms with E-state index in [0.29, 0.717) is 40.7 Å². The second-order valence-electron chi connectivity index (χ2n) is 10.4. The van der Waals surface area contributed by atoms with Gasteiger partial charge in [-0.05, 0) is 74.4 Å². The molecule has 0 saturated heterocycles. The first-order chi connectivity index (χ1) is 20.7. The van der Waals surface area contributed by atoms with Crippen molar-refractivity contribution in [2.45, 2.75) is 39.4 Å². The smallest absolute Gasteiger partial charge is 0.343 e. The zero-order chi connectivity index (χ0) is 30.5. The van der Waals surface area contributed by atoms with Crippen LogP contribution in [0.15, 0.2) is 96.4 Å². The molecule has 4 aromatic rings. The van der Waals surface area contributed by atoms with E-state index in [0.717, 1.165) is 11.1 Å². The van der Waals surface area contributed by atoms with E-state index in [2.05, 4.69) is 6.07 Å². The van der Waals surface area contributed by atoms with Crippen molar-refractivity contribution in [2.75, 3.05) is 7.11 Å². The lowest BCUT2D eigenvalue weighted by molar-refractivity contribution is 0.0734. The second kappa shape index (κ2) is 12.6. The van der Waals surface area contributed by atoms with Crippen LogP contribution in [0.2, 0.25) is 0 Å². The van der Waals surface area contributed by atoms with E-state index in [1.165, 1.54) is 5.56 Å². The maximum absolute atomic E-state index is 12.8. The van der Waals surface area contributed by atoms with E-state index in [1.807, 2.05) is 63.2 Å². The van der Waals surface area contributed by atoms with Crippen LogP contribution in [0.4, 0.5) is 0 Å². The van der Waals surface area contributed by atoms with Gasteiger partial charge in [-0.1, -0.05) is 42.0 Å². The highest BCUT2D eigenvalue weighted by molar-refractivity contribution is 5.91. The largest absolute Gasteiger partial charge is 0.493 e. The van der Waals surface area contributed by atoms with Crippen molar-refractivity contribution in [3.63, 3.8) is 0 Å². The highest BCUT2D eigenvalue weighted by atomic mass is 16.5. The Morgan fingerprint density at radius 2 is 1.67 bits per heavy atom. The zero-order valence-electron chi connectivity index (χ0n) is 24.4. The van der Waals surface area contributed by atoms with Gasteiger partial charge >= 0.3 is 5.97 Å². The molecule has 4 aromatic carbocycles. The lowest BCUT2D eigenvalue weighted by Crippen LogP contribution is -2.21. The quantitative estimate of drug-likeness (QED) is 0.171. The minimum absolute atomic E-state index is 0.0246. The summed E-state index contributed by atoms with van der Waals surface area (Å²) in [6, 6.07) is 27.6. The number of carbonyl (C=O) groups is 1. The normalized spacial score (nSPS) is 13.9. The molecule has 1 aliphatic heterocycles. The fourth-order valence-corrected chi connectivity index (χ4v) is 4.78. The van der Waals surface area contributed by atoms with Crippen LogP contribution >= 0.6 is 0 Å². The van der Waals surface area contributed by atoms with Crippen LogP contribution in [0.25, 0.3) is 0 Å². The third-order valence-electron chi connectivity index (χ3n) is 6.90. The summed E-state index contributed by atoms with van der Waals surface area (Å²) in [5.74, 6) is 1.31. The average Bonchev–Trinajstić information content (AvgIpc) is 3.00. The Morgan fingerprint density at radius 3 is 2.35 bits per heavy atom. The van der Waals surface area contributed by atoms with Crippen molar-refractivity contribution in [3.8, 4) is 34.8 Å². The highest BCUT2D eigenvalue weighted by Gasteiger charge is 2.32. The van der Waals surface area contributed by atoms with Gasteiger partial charge in [-0.2, -0.15) is 5.26 Å². The summed E-state index contributed by atoms with van der Waals surface area (Å²) in [6.07, 6.45) is 0.0246. The van der Waals surface area contributed by atoms with E-state index in [4.69, 9.17) is 29.4 Å². The summed E-state index contributed by atoms with van der Waals surface area (Å²) < 4.78 is 28.8. The molecule has 0 radical (unpaired) electrons. The molecule has 0 bridgehead atoms. The summed E-state index contributed by atoms with van der Waals surface area (Å²) in [4.78, 5) is 12.8. The Balaban J connectivity index is 1.38. The average molecular weight is 577 g/mol. The number of carbonyl (C=O) groups excluding carboxylic acids is 1. The zero-order valence-corrected chi connectivity index (χ0v) is 24.4. The molecule has 0 saturated carbocycles. The number of esters is 1. The molecular weight excluding hydrogens is 544 g/mol. The first-order valence-corrected chi connectivity index (χ1v) is 13.8. The number of nitrogens with two attached hydrogens (primary N) is 1. The molecule has 1 unspecified atom stereocenters. The molecular formula is C35H32N2O6. The van der Waals surface area contributed by atoms with Gasteiger partial charge in [0.15, 0.2) is 11.5 Å². The van der Waals surface area contributed by atoms with Crippen LogP contribution in [-0.4, -0.2) is 19.2 Å². The number of nitrogens with zero attached hydrogens (tertiary/aromatic N) is 1. The summed E-state index contributed by atoms with van der Waals surface area (Å²) in [7, 11) is 1.57. The number of rotatable bonds is 9. The molecule has 5 rings (SSSR count). The number of fused-ring (bicyclic) bond motifs is 1. The molecule has 0 spiro atoms. The summed E-state index contributed by atoms with van der Waals surface area (Å²) in [5, 5.41) is 9.99. The first-order valence-electron chi connectivity index (χ1n) is 13.8. The van der Waals surface area contributed by atoms with Gasteiger partial charge < -0.3 is 29.4 Å².